The average Bonchev–Trinajstić information content (AvgIpc) is 3.14. The molecule has 4 aromatic rings. The van der Waals surface area contributed by atoms with E-state index in [0.717, 1.165) is 39.3 Å². The molecule has 5 rings (SSSR count). The van der Waals surface area contributed by atoms with Crippen LogP contribution in [0.5, 0.6) is 11.5 Å². The topological polar surface area (TPSA) is 18.5 Å². The first kappa shape index (κ1) is 35.4. The molecule has 0 spiro atoms. The van der Waals surface area contributed by atoms with Gasteiger partial charge in [-0.05, 0) is 0 Å². The third-order valence-electron chi connectivity index (χ3n) is 8.49. The number of hydrogen-bond acceptors (Lipinski definition) is 2. The monoisotopic (exact) mass is 692 g/mol. The van der Waals surface area contributed by atoms with E-state index < -0.39 is 47.5 Å². The summed E-state index contributed by atoms with van der Waals surface area (Å²) in [6.45, 7) is 10.4. The molecule has 0 saturated heterocycles. The van der Waals surface area contributed by atoms with Crippen LogP contribution >= 0.6 is 0 Å². The minimum Gasteiger partial charge on any atom is -1.00 e. The van der Waals surface area contributed by atoms with Crippen molar-refractivity contribution in [1.29, 1.82) is 0 Å². The molecule has 0 fully saturated rings. The molecule has 0 heterocycles. The van der Waals surface area contributed by atoms with Gasteiger partial charge in [-0.1, -0.05) is 0 Å². The zero-order chi connectivity index (χ0) is 32.7. The number of para-hydroxylation sites is 2. The van der Waals surface area contributed by atoms with Crippen molar-refractivity contribution in [1.82, 2.24) is 0 Å². The molecular weight excluding hydrogens is 662 g/mol. The van der Waals surface area contributed by atoms with Crippen molar-refractivity contribution in [3.05, 3.63) is 129 Å². The minimum absolute atomic E-state index is 0. The molecule has 0 unspecified atom stereocenters. The third kappa shape index (κ3) is 7.09. The summed E-state index contributed by atoms with van der Waals surface area (Å²) in [6, 6.07) is 24.2. The summed E-state index contributed by atoms with van der Waals surface area (Å²) in [6.07, 6.45) is -8.91. The Kier molecular flexibility index (Phi) is 10.3. The number of benzene rings is 4. The zero-order valence-corrected chi connectivity index (χ0v) is 28.0. The summed E-state index contributed by atoms with van der Waals surface area (Å²) in [5.74, 6) is 0.940. The quantitative estimate of drug-likeness (QED) is 0.143. The van der Waals surface area contributed by atoms with Crippen LogP contribution in [0.4, 0.5) is 26.3 Å². The molecule has 0 saturated carbocycles. The van der Waals surface area contributed by atoms with Gasteiger partial charge < -0.3 is 12.4 Å². The van der Waals surface area contributed by atoms with E-state index in [9.17, 15) is 26.3 Å². The van der Waals surface area contributed by atoms with E-state index >= 15 is 0 Å². The van der Waals surface area contributed by atoms with Crippen molar-refractivity contribution in [2.45, 2.75) is 47.0 Å². The number of hydrogen-bond donors (Lipinski definition) is 0. The Morgan fingerprint density at radius 1 is 0.543 bits per heavy atom. The molecule has 10 heteroatoms. The smallest absolute Gasteiger partial charge is 1.00 e. The van der Waals surface area contributed by atoms with Crippen LogP contribution in [-0.2, 0) is 31.0 Å². The Hall–Kier alpha value is -3.46. The molecule has 1 aliphatic carbocycles. The molecule has 0 radical (unpaired) electrons. The van der Waals surface area contributed by atoms with E-state index in [1.807, 2.05) is 6.92 Å². The van der Waals surface area contributed by atoms with E-state index in [-0.39, 0.29) is 12.4 Å². The van der Waals surface area contributed by atoms with Crippen molar-refractivity contribution in [3.63, 3.8) is 0 Å². The maximum absolute atomic E-state index is 13.3. The molecule has 0 N–H and O–H groups in total. The Bertz CT molecular complexity index is 1670. The summed E-state index contributed by atoms with van der Waals surface area (Å²) >= 11 is -3.28. The van der Waals surface area contributed by atoms with Crippen LogP contribution in [0.3, 0.4) is 0 Å². The largest absolute Gasteiger partial charge is 1.00 e. The Balaban J connectivity index is 0.00000480. The second-order valence-corrected chi connectivity index (χ2v) is 13.8. The average molecular weight is 693 g/mol. The van der Waals surface area contributed by atoms with Gasteiger partial charge in [-0.15, -0.1) is 0 Å². The molecular formula is C36H31ClF6O2Ti. The molecule has 0 amide bonds. The van der Waals surface area contributed by atoms with E-state index in [1.165, 1.54) is 29.8 Å². The van der Waals surface area contributed by atoms with Gasteiger partial charge in [0.15, 0.2) is 0 Å². The molecule has 46 heavy (non-hydrogen) atoms. The standard InChI is InChI=1S/2C13H9F3O.C10H15.ClH.Ti/c2*14-13(15,16)10-7-5-9(6-8-10)11-3-1-2-4-12(11)17;1-7-6-10(4,5)9(3)8(7)2;;/h2*1-8,17H;1-5H3;1H;/q;;;;+3/p-3. The van der Waals surface area contributed by atoms with Gasteiger partial charge in [-0.2, -0.15) is 0 Å². The van der Waals surface area contributed by atoms with Crippen LogP contribution in [0, 0.1) is 5.41 Å². The number of halogens is 7. The summed E-state index contributed by atoms with van der Waals surface area (Å²) in [7, 11) is 0. The normalized spacial score (nSPS) is 14.7. The van der Waals surface area contributed by atoms with Crippen LogP contribution in [0.25, 0.3) is 22.3 Å². The number of allylic oxidation sites excluding steroid dienone is 4. The Labute approximate surface area is 278 Å². The predicted octanol–water partition coefficient (Wildman–Crippen LogP) is 8.62. The van der Waals surface area contributed by atoms with E-state index in [0.29, 0.717) is 33.8 Å². The van der Waals surface area contributed by atoms with Gasteiger partial charge in [0.05, 0.1) is 0 Å². The van der Waals surface area contributed by atoms with Gasteiger partial charge in [-0.25, -0.2) is 0 Å². The Morgan fingerprint density at radius 2 is 0.913 bits per heavy atom. The molecule has 0 aliphatic heterocycles. The summed E-state index contributed by atoms with van der Waals surface area (Å²) in [5, 5.41) is 0. The fourth-order valence-electron chi connectivity index (χ4n) is 5.59. The van der Waals surface area contributed by atoms with E-state index in [2.05, 4.69) is 27.7 Å². The summed E-state index contributed by atoms with van der Waals surface area (Å²) in [4.78, 5) is 0. The van der Waals surface area contributed by atoms with Gasteiger partial charge >= 0.3 is 267 Å². The maximum Gasteiger partial charge on any atom is -1.00 e. The van der Waals surface area contributed by atoms with Crippen LogP contribution in [0.15, 0.2) is 118 Å². The number of alkyl halides is 6. The van der Waals surface area contributed by atoms with Crippen molar-refractivity contribution in [2.24, 2.45) is 5.41 Å². The second kappa shape index (κ2) is 13.3. The first-order valence-electron chi connectivity index (χ1n) is 14.2. The zero-order valence-electron chi connectivity index (χ0n) is 25.7. The first-order chi connectivity index (χ1) is 21.1. The molecule has 0 aromatic heterocycles. The second-order valence-electron chi connectivity index (χ2n) is 11.5. The summed E-state index contributed by atoms with van der Waals surface area (Å²) < 4.78 is 94.2. The molecule has 0 bridgehead atoms. The first-order valence-corrected chi connectivity index (χ1v) is 16.3. The van der Waals surface area contributed by atoms with Crippen molar-refractivity contribution in [3.8, 4) is 33.8 Å². The van der Waals surface area contributed by atoms with Gasteiger partial charge in [-0.3, -0.25) is 0 Å². The SMILES string of the molecule is CC1=C(C)C(C)(C)[C]([Ti+]([O]c2ccccc2-c2ccc(C(F)(F)F)cc2)[O]c2ccccc2-c2ccc(C(F)(F)F)cc2)=C1C.[Cl-]. The minimum atomic E-state index is -4.46. The van der Waals surface area contributed by atoms with Crippen molar-refractivity contribution in [2.75, 3.05) is 0 Å². The fraction of sp³-hybridized carbons (Fsp3) is 0.222. The van der Waals surface area contributed by atoms with E-state index in [4.69, 9.17) is 6.64 Å². The van der Waals surface area contributed by atoms with Crippen LogP contribution in [0.1, 0.15) is 45.7 Å². The van der Waals surface area contributed by atoms with Crippen LogP contribution < -0.4 is 19.0 Å². The molecule has 2 nitrogen and oxygen atoms in total. The van der Waals surface area contributed by atoms with Crippen molar-refractivity contribution < 1.29 is 64.0 Å². The number of rotatable bonds is 7. The fourth-order valence-corrected chi connectivity index (χ4v) is 9.01. The van der Waals surface area contributed by atoms with Gasteiger partial charge in [0.2, 0.25) is 0 Å². The summed E-state index contributed by atoms with van der Waals surface area (Å²) in [5.41, 5.74) is 3.85. The van der Waals surface area contributed by atoms with Crippen LogP contribution in [-0.4, -0.2) is 0 Å². The maximum atomic E-state index is 13.3. The predicted molar refractivity (Wildman–Crippen MR) is 160 cm³/mol. The molecule has 0 atom stereocenters. The molecule has 240 valence electrons. The van der Waals surface area contributed by atoms with Gasteiger partial charge in [0.1, 0.15) is 0 Å². The molecule has 4 aromatic carbocycles. The third-order valence-corrected chi connectivity index (χ3v) is 12.0. The van der Waals surface area contributed by atoms with Crippen molar-refractivity contribution >= 4 is 0 Å². The van der Waals surface area contributed by atoms with Crippen LogP contribution in [0.2, 0.25) is 0 Å². The van der Waals surface area contributed by atoms with Gasteiger partial charge in [0, 0.05) is 0 Å². The Morgan fingerprint density at radius 3 is 1.24 bits per heavy atom. The molecule has 1 aliphatic rings. The van der Waals surface area contributed by atoms with E-state index in [1.54, 1.807) is 48.5 Å². The van der Waals surface area contributed by atoms with Gasteiger partial charge in [0.25, 0.3) is 0 Å².